The van der Waals surface area contributed by atoms with Crippen molar-refractivity contribution in [2.75, 3.05) is 0 Å². The molecule has 6 heteroatoms. The van der Waals surface area contributed by atoms with Crippen molar-refractivity contribution in [3.63, 3.8) is 0 Å². The minimum absolute atomic E-state index is 0.0237. The number of hydrogen-bond acceptors (Lipinski definition) is 5. The molecule has 4 aliphatic rings. The Kier molecular flexibility index (Phi) is 6.19. The normalized spacial score (nSPS) is 23.8. The maximum absolute atomic E-state index is 6.61. The molecule has 0 radical (unpaired) electrons. The summed E-state index contributed by atoms with van der Waals surface area (Å²) in [6.45, 7) is 0. The van der Waals surface area contributed by atoms with E-state index in [0.717, 1.165) is 47.6 Å². The number of nitrogens with zero attached hydrogens (tertiary/aromatic N) is 4. The minimum atomic E-state index is -0.0237. The van der Waals surface area contributed by atoms with Gasteiger partial charge in [0.15, 0.2) is 17.5 Å². The third-order valence-electron chi connectivity index (χ3n) is 12.1. The summed E-state index contributed by atoms with van der Waals surface area (Å²) in [5.74, 6) is 5.26. The Hall–Kier alpha value is -5.75. The van der Waals surface area contributed by atoms with Gasteiger partial charge in [0.1, 0.15) is 12.0 Å². The predicted molar refractivity (Wildman–Crippen MR) is 199 cm³/mol. The highest BCUT2D eigenvalue weighted by atomic mass is 16.3. The van der Waals surface area contributed by atoms with Gasteiger partial charge in [-0.1, -0.05) is 97.1 Å². The molecule has 2 atom stereocenters. The molecule has 4 fully saturated rings. The van der Waals surface area contributed by atoms with E-state index in [1.165, 1.54) is 46.6 Å². The standard InChI is InChI=1S/C45H36N4O2/c1-3-11-31(12-4-1)41-46-42(32-13-5-2-6-14-32)48-43(47-41)33-20-39(50-26-33)45-24-29-19-30(25-45)23-44(22-29,28-45)34-21-40(51-27-34)49-37-17-9-7-15-35(37)36-16-8-10-18-38(36)49/h1-18,20-21,26-27,29-30H,19,22-25,28H2. The van der Waals surface area contributed by atoms with Crippen molar-refractivity contribution in [1.82, 2.24) is 19.5 Å². The zero-order chi connectivity index (χ0) is 33.6. The van der Waals surface area contributed by atoms with E-state index in [9.17, 15) is 0 Å². The van der Waals surface area contributed by atoms with Crippen molar-refractivity contribution in [1.29, 1.82) is 0 Å². The van der Waals surface area contributed by atoms with Gasteiger partial charge < -0.3 is 8.83 Å². The second-order valence-electron chi connectivity index (χ2n) is 15.3. The van der Waals surface area contributed by atoms with Crippen LogP contribution in [0.1, 0.15) is 49.8 Å². The van der Waals surface area contributed by atoms with Crippen molar-refractivity contribution in [3.8, 4) is 40.0 Å². The van der Waals surface area contributed by atoms with Crippen molar-refractivity contribution in [3.05, 3.63) is 145 Å². The maximum Gasteiger partial charge on any atom is 0.204 e. The fraction of sp³-hybridized carbons (Fsp3) is 0.222. The van der Waals surface area contributed by atoms with Gasteiger partial charge in [0.25, 0.3) is 0 Å². The molecule has 4 saturated carbocycles. The van der Waals surface area contributed by atoms with Crippen LogP contribution in [-0.2, 0) is 10.8 Å². The number of aromatic nitrogens is 4. The molecule has 6 nitrogen and oxygen atoms in total. The van der Waals surface area contributed by atoms with E-state index in [-0.39, 0.29) is 10.8 Å². The summed E-state index contributed by atoms with van der Waals surface area (Å²) in [6.07, 6.45) is 11.1. The number of para-hydroxylation sites is 2. The first-order valence-electron chi connectivity index (χ1n) is 18.2. The molecule has 2 unspecified atom stereocenters. The highest BCUT2D eigenvalue weighted by molar-refractivity contribution is 6.09. The molecule has 8 aromatic rings. The highest BCUT2D eigenvalue weighted by Gasteiger charge is 2.60. The summed E-state index contributed by atoms with van der Waals surface area (Å²) in [6, 6.07) is 42.2. The van der Waals surface area contributed by atoms with Gasteiger partial charge in [-0.2, -0.15) is 0 Å². The van der Waals surface area contributed by atoms with Crippen LogP contribution in [-0.4, -0.2) is 19.5 Å². The molecule has 0 N–H and O–H groups in total. The van der Waals surface area contributed by atoms with Gasteiger partial charge in [-0.25, -0.2) is 15.0 Å². The number of benzene rings is 4. The van der Waals surface area contributed by atoms with Crippen LogP contribution in [0.25, 0.3) is 61.9 Å². The van der Waals surface area contributed by atoms with E-state index >= 15 is 0 Å². The van der Waals surface area contributed by atoms with E-state index in [1.54, 1.807) is 0 Å². The molecular formula is C45H36N4O2. The third kappa shape index (κ3) is 4.52. The van der Waals surface area contributed by atoms with Gasteiger partial charge in [0.2, 0.25) is 5.88 Å². The lowest BCUT2D eigenvalue weighted by Gasteiger charge is -2.61. The lowest BCUT2D eigenvalue weighted by atomic mass is 9.42. The molecule has 0 amide bonds. The minimum Gasteiger partial charge on any atom is -0.468 e. The van der Waals surface area contributed by atoms with Gasteiger partial charge >= 0.3 is 0 Å². The van der Waals surface area contributed by atoms with Crippen molar-refractivity contribution < 1.29 is 8.83 Å². The van der Waals surface area contributed by atoms with Gasteiger partial charge in [0, 0.05) is 38.8 Å². The zero-order valence-electron chi connectivity index (χ0n) is 28.2. The lowest BCUT2D eigenvalue weighted by molar-refractivity contribution is -0.0370. The van der Waals surface area contributed by atoms with Gasteiger partial charge in [-0.15, -0.1) is 0 Å². The molecule has 12 rings (SSSR count). The first-order chi connectivity index (χ1) is 25.1. The van der Waals surface area contributed by atoms with Crippen LogP contribution in [0.15, 0.2) is 143 Å². The molecule has 0 saturated heterocycles. The average molecular weight is 665 g/mol. The predicted octanol–water partition coefficient (Wildman–Crippen LogP) is 10.9. The summed E-state index contributed by atoms with van der Waals surface area (Å²) < 4.78 is 15.4. The van der Waals surface area contributed by atoms with Gasteiger partial charge in [-0.3, -0.25) is 4.57 Å². The SMILES string of the molecule is c1ccc(-c2nc(-c3ccccc3)nc(-c3coc(C45CC6CC(CC(c7coc(-n8c9ccccc9c9ccccc98)c7)(C6)C4)C5)c3)n2)cc1. The van der Waals surface area contributed by atoms with E-state index in [0.29, 0.717) is 29.3 Å². The van der Waals surface area contributed by atoms with Crippen LogP contribution in [0, 0.1) is 11.8 Å². The Morgan fingerprint density at radius 3 is 1.67 bits per heavy atom. The molecule has 4 aromatic carbocycles. The molecule has 4 aromatic heterocycles. The second kappa shape index (κ2) is 10.9. The highest BCUT2D eigenvalue weighted by Crippen LogP contribution is 2.66. The first kappa shape index (κ1) is 29.0. The Bertz CT molecular complexity index is 2450. The summed E-state index contributed by atoms with van der Waals surface area (Å²) in [5.41, 5.74) is 6.56. The lowest BCUT2D eigenvalue weighted by Crippen LogP contribution is -2.55. The maximum atomic E-state index is 6.61. The second-order valence-corrected chi connectivity index (χ2v) is 15.3. The smallest absolute Gasteiger partial charge is 0.204 e. The molecule has 0 aliphatic heterocycles. The van der Waals surface area contributed by atoms with Crippen molar-refractivity contribution in [2.24, 2.45) is 11.8 Å². The summed E-state index contributed by atoms with van der Waals surface area (Å²) in [5, 5.41) is 2.50. The van der Waals surface area contributed by atoms with Crippen LogP contribution in [0.5, 0.6) is 0 Å². The van der Waals surface area contributed by atoms with Crippen LogP contribution in [0.4, 0.5) is 0 Å². The molecule has 4 aliphatic carbocycles. The fourth-order valence-electron chi connectivity index (χ4n) is 10.4. The first-order valence-corrected chi connectivity index (χ1v) is 18.2. The van der Waals surface area contributed by atoms with Crippen LogP contribution in [0.2, 0.25) is 0 Å². The number of rotatable bonds is 6. The number of hydrogen-bond donors (Lipinski definition) is 0. The largest absolute Gasteiger partial charge is 0.468 e. The number of fused-ring (bicyclic) bond motifs is 3. The van der Waals surface area contributed by atoms with Gasteiger partial charge in [0.05, 0.1) is 22.9 Å². The molecule has 248 valence electrons. The van der Waals surface area contributed by atoms with E-state index in [1.807, 2.05) is 66.9 Å². The Labute approximate surface area is 295 Å². The molecule has 0 spiro atoms. The monoisotopic (exact) mass is 664 g/mol. The van der Waals surface area contributed by atoms with Crippen LogP contribution < -0.4 is 0 Å². The van der Waals surface area contributed by atoms with Gasteiger partial charge in [-0.05, 0) is 74.1 Å². The quantitative estimate of drug-likeness (QED) is 0.177. The topological polar surface area (TPSA) is 69.9 Å². The summed E-state index contributed by atoms with van der Waals surface area (Å²) in [7, 11) is 0. The Morgan fingerprint density at radius 1 is 0.529 bits per heavy atom. The van der Waals surface area contributed by atoms with Crippen LogP contribution in [0.3, 0.4) is 0 Å². The zero-order valence-corrected chi connectivity index (χ0v) is 28.2. The van der Waals surface area contributed by atoms with Crippen molar-refractivity contribution in [2.45, 2.75) is 49.4 Å². The molecule has 4 heterocycles. The Balaban J connectivity index is 0.975. The van der Waals surface area contributed by atoms with Crippen molar-refractivity contribution >= 4 is 21.8 Å². The molecular weight excluding hydrogens is 629 g/mol. The average Bonchev–Trinajstić information content (AvgIpc) is 3.94. The number of furan rings is 2. The molecule has 4 bridgehead atoms. The van der Waals surface area contributed by atoms with E-state index < -0.39 is 0 Å². The van der Waals surface area contributed by atoms with Crippen LogP contribution >= 0.6 is 0 Å². The molecule has 51 heavy (non-hydrogen) atoms. The summed E-state index contributed by atoms with van der Waals surface area (Å²) >= 11 is 0. The van der Waals surface area contributed by atoms with E-state index in [4.69, 9.17) is 23.8 Å². The Morgan fingerprint density at radius 2 is 1.06 bits per heavy atom. The summed E-state index contributed by atoms with van der Waals surface area (Å²) in [4.78, 5) is 14.9. The fourth-order valence-corrected chi connectivity index (χ4v) is 10.4. The van der Waals surface area contributed by atoms with E-state index in [2.05, 4.69) is 71.5 Å². The third-order valence-corrected chi connectivity index (χ3v) is 12.1.